The van der Waals surface area contributed by atoms with Gasteiger partial charge in [-0.1, -0.05) is 12.1 Å². The van der Waals surface area contributed by atoms with Crippen LogP contribution >= 0.6 is 7.60 Å². The Bertz CT molecular complexity index is 839. The molecule has 9 nitrogen and oxygen atoms in total. The van der Waals surface area contributed by atoms with Gasteiger partial charge in [-0.05, 0) is 49.2 Å². The average molecular weight is 441 g/mol. The lowest BCUT2D eigenvalue weighted by molar-refractivity contribution is 0.104. The minimum Gasteiger partial charge on any atom is -0.508 e. The molecule has 0 spiro atoms. The van der Waals surface area contributed by atoms with Gasteiger partial charge in [-0.2, -0.15) is 0 Å². The van der Waals surface area contributed by atoms with Gasteiger partial charge in [0.25, 0.3) is 0 Å². The number of aromatic hydroxyl groups is 1. The molecule has 10 heteroatoms. The van der Waals surface area contributed by atoms with E-state index in [2.05, 4.69) is 5.32 Å². The number of phenols is 1. The van der Waals surface area contributed by atoms with Crippen LogP contribution in [0.1, 0.15) is 18.1 Å². The Morgan fingerprint density at radius 3 is 2.37 bits per heavy atom. The molecule has 0 aliphatic rings. The molecule has 0 saturated carbocycles. The lowest BCUT2D eigenvalue weighted by Crippen LogP contribution is -2.37. The molecule has 0 aliphatic carbocycles. The van der Waals surface area contributed by atoms with E-state index in [1.807, 2.05) is 19.1 Å². The van der Waals surface area contributed by atoms with E-state index in [-0.39, 0.29) is 25.0 Å². The zero-order valence-electron chi connectivity index (χ0n) is 16.6. The molecule has 0 aliphatic heterocycles. The van der Waals surface area contributed by atoms with Crippen LogP contribution in [0.4, 0.5) is 0 Å². The van der Waals surface area contributed by atoms with Crippen molar-refractivity contribution in [3.8, 4) is 17.2 Å². The van der Waals surface area contributed by atoms with E-state index in [1.54, 1.807) is 18.2 Å². The largest absolute Gasteiger partial charge is 0.508 e. The van der Waals surface area contributed by atoms with Gasteiger partial charge in [0.15, 0.2) is 6.35 Å². The van der Waals surface area contributed by atoms with Crippen LogP contribution in [0.25, 0.3) is 0 Å². The zero-order chi connectivity index (χ0) is 22.1. The molecular formula is C20H28NO8P. The molecule has 0 unspecified atom stereocenters. The van der Waals surface area contributed by atoms with Gasteiger partial charge >= 0.3 is 7.60 Å². The van der Waals surface area contributed by atoms with Crippen LogP contribution in [-0.4, -0.2) is 56.8 Å². The molecule has 2 atom stereocenters. The van der Waals surface area contributed by atoms with E-state index in [9.17, 15) is 14.8 Å². The zero-order valence-corrected chi connectivity index (χ0v) is 17.5. The Kier molecular flexibility index (Phi) is 9.10. The first-order valence-electron chi connectivity index (χ1n) is 9.39. The van der Waals surface area contributed by atoms with Gasteiger partial charge in [0.2, 0.25) is 0 Å². The predicted molar refractivity (Wildman–Crippen MR) is 111 cm³/mol. The lowest BCUT2D eigenvalue weighted by Gasteiger charge is -2.18. The molecule has 0 aromatic heterocycles. The van der Waals surface area contributed by atoms with Crippen molar-refractivity contribution in [2.24, 2.45) is 0 Å². The molecule has 2 rings (SSSR count). The highest BCUT2D eigenvalue weighted by Gasteiger charge is 2.14. The summed E-state index contributed by atoms with van der Waals surface area (Å²) in [6, 6.07) is 11.5. The average Bonchev–Trinajstić information content (AvgIpc) is 2.70. The maximum Gasteiger partial charge on any atom is 0.362 e. The van der Waals surface area contributed by atoms with Gasteiger partial charge in [-0.15, -0.1) is 0 Å². The Labute approximate surface area is 175 Å². The fourth-order valence-corrected chi connectivity index (χ4v) is 2.99. The van der Waals surface area contributed by atoms with Crippen molar-refractivity contribution in [2.75, 3.05) is 19.5 Å². The molecule has 0 heterocycles. The predicted octanol–water partition coefficient (Wildman–Crippen LogP) is 1.36. The molecule has 0 saturated heterocycles. The molecule has 0 fully saturated rings. The fraction of sp³-hybridized carbons (Fsp3) is 0.400. The first-order valence-corrected chi connectivity index (χ1v) is 11.2. The van der Waals surface area contributed by atoms with Crippen molar-refractivity contribution < 1.29 is 39.1 Å². The van der Waals surface area contributed by atoms with Gasteiger partial charge in [-0.25, -0.2) is 0 Å². The summed E-state index contributed by atoms with van der Waals surface area (Å²) in [5, 5.41) is 32.0. The topological polar surface area (TPSA) is 149 Å². The molecule has 166 valence electrons. The number of benzene rings is 2. The van der Waals surface area contributed by atoms with Crippen molar-refractivity contribution in [2.45, 2.75) is 32.1 Å². The number of aliphatic hydroxyl groups excluding tert-OH is 2. The van der Waals surface area contributed by atoms with Crippen molar-refractivity contribution in [3.05, 3.63) is 53.6 Å². The Morgan fingerprint density at radius 1 is 1.07 bits per heavy atom. The molecule has 6 N–H and O–H groups in total. The molecule has 30 heavy (non-hydrogen) atoms. The van der Waals surface area contributed by atoms with E-state index < -0.39 is 20.0 Å². The Balaban J connectivity index is 1.72. The summed E-state index contributed by atoms with van der Waals surface area (Å²) in [5.74, 6) is 0.820. The first kappa shape index (κ1) is 24.1. The minimum atomic E-state index is -4.20. The van der Waals surface area contributed by atoms with Crippen molar-refractivity contribution >= 4 is 7.60 Å². The molecule has 2 aromatic carbocycles. The summed E-state index contributed by atoms with van der Waals surface area (Å²) in [6.07, 6.45) is -0.720. The normalized spacial score (nSPS) is 13.6. The number of rotatable bonds is 12. The molecular weight excluding hydrogens is 413 g/mol. The second-order valence-electron chi connectivity index (χ2n) is 7.01. The van der Waals surface area contributed by atoms with Crippen LogP contribution in [0.5, 0.6) is 17.2 Å². The number of aliphatic hydroxyl groups is 2. The third-order valence-corrected chi connectivity index (χ3v) is 4.70. The summed E-state index contributed by atoms with van der Waals surface area (Å²) in [6.45, 7) is 2.04. The van der Waals surface area contributed by atoms with E-state index in [0.717, 1.165) is 5.56 Å². The summed E-state index contributed by atoms with van der Waals surface area (Å²) in [5.41, 5.74) is 1.36. The van der Waals surface area contributed by atoms with Crippen LogP contribution in [0.3, 0.4) is 0 Å². The quantitative estimate of drug-likeness (QED) is 0.269. The number of hydrogen-bond acceptors (Lipinski definition) is 7. The summed E-state index contributed by atoms with van der Waals surface area (Å²) < 4.78 is 21.4. The van der Waals surface area contributed by atoms with E-state index in [0.29, 0.717) is 30.0 Å². The van der Waals surface area contributed by atoms with Crippen LogP contribution in [0.15, 0.2) is 42.5 Å². The van der Waals surface area contributed by atoms with Gasteiger partial charge in [0, 0.05) is 18.2 Å². The van der Waals surface area contributed by atoms with Crippen LogP contribution in [0.2, 0.25) is 0 Å². The van der Waals surface area contributed by atoms with Gasteiger partial charge in [-0.3, -0.25) is 4.57 Å². The molecule has 0 bridgehead atoms. The van der Waals surface area contributed by atoms with Crippen LogP contribution in [-0.2, 0) is 17.6 Å². The summed E-state index contributed by atoms with van der Waals surface area (Å²) in [7, 11) is -4.20. The monoisotopic (exact) mass is 441 g/mol. The van der Waals surface area contributed by atoms with E-state index in [4.69, 9.17) is 24.4 Å². The van der Waals surface area contributed by atoms with Crippen molar-refractivity contribution in [3.63, 3.8) is 0 Å². The molecule has 2 aromatic rings. The van der Waals surface area contributed by atoms with Crippen LogP contribution in [0, 0.1) is 0 Å². The van der Waals surface area contributed by atoms with Gasteiger partial charge < -0.3 is 39.9 Å². The smallest absolute Gasteiger partial charge is 0.362 e. The minimum absolute atomic E-state index is 0.0118. The summed E-state index contributed by atoms with van der Waals surface area (Å²) >= 11 is 0. The van der Waals surface area contributed by atoms with Gasteiger partial charge in [0.1, 0.15) is 30.0 Å². The number of nitrogens with one attached hydrogen (secondary N) is 1. The Hall–Kier alpha value is -2.13. The third kappa shape index (κ3) is 8.71. The third-order valence-electron chi connectivity index (χ3n) is 4.23. The highest BCUT2D eigenvalue weighted by Crippen LogP contribution is 2.34. The maximum absolute atomic E-state index is 10.8. The van der Waals surface area contributed by atoms with Crippen molar-refractivity contribution in [1.29, 1.82) is 0 Å². The maximum atomic E-state index is 10.8. The second kappa shape index (κ2) is 11.3. The van der Waals surface area contributed by atoms with Gasteiger partial charge in [0.05, 0.1) is 6.61 Å². The second-order valence-corrected chi connectivity index (χ2v) is 8.60. The standard InChI is InChI=1S/C20H28NO8P/c1-14(8-15-2-4-18(5-3-15)29-13-30(25,26)27)21-10-17(23)12-28-19-6-7-20(24)16(9-19)11-22/h2-7,9,14,17,21-24H,8,10-13H2,1H3,(H2,25,26,27)/t14-,17+/m0/s1. The lowest BCUT2D eigenvalue weighted by atomic mass is 10.1. The molecule has 0 radical (unpaired) electrons. The first-order chi connectivity index (χ1) is 14.2. The highest BCUT2D eigenvalue weighted by atomic mass is 31.2. The summed E-state index contributed by atoms with van der Waals surface area (Å²) in [4.78, 5) is 17.6. The number of hydrogen-bond donors (Lipinski definition) is 6. The van der Waals surface area contributed by atoms with Crippen LogP contribution < -0.4 is 14.8 Å². The number of ether oxygens (including phenoxy) is 2. The highest BCUT2D eigenvalue weighted by molar-refractivity contribution is 7.51. The Morgan fingerprint density at radius 2 is 1.73 bits per heavy atom. The molecule has 0 amide bonds. The SMILES string of the molecule is C[C@@H](Cc1ccc(OCP(=O)(O)O)cc1)NC[C@@H](O)COc1ccc(O)c(CO)c1. The van der Waals surface area contributed by atoms with E-state index in [1.165, 1.54) is 12.1 Å². The van der Waals surface area contributed by atoms with E-state index >= 15 is 0 Å². The fourth-order valence-electron chi connectivity index (χ4n) is 2.67. The van der Waals surface area contributed by atoms with Crippen molar-refractivity contribution in [1.82, 2.24) is 5.32 Å².